The molecule has 2 heterocycles. The maximum atomic E-state index is 13.4. The number of carbonyl (C=O) groups is 2. The van der Waals surface area contributed by atoms with E-state index in [1.165, 1.54) is 4.90 Å². The number of halogens is 2. The number of aryl methyl sites for hydroxylation is 1. The van der Waals surface area contributed by atoms with Gasteiger partial charge in [0, 0.05) is 32.7 Å². The number of thioether (sulfide) groups is 1. The molecule has 0 bridgehead atoms. The van der Waals surface area contributed by atoms with Crippen LogP contribution in [0.25, 0.3) is 22.5 Å². The number of ether oxygens (including phenoxy) is 1. The van der Waals surface area contributed by atoms with E-state index in [1.807, 2.05) is 98.8 Å². The third-order valence-corrected chi connectivity index (χ3v) is 8.84. The average Bonchev–Trinajstić information content (AvgIpc) is 3.41. The first-order valence-electron chi connectivity index (χ1n) is 13.4. The van der Waals surface area contributed by atoms with E-state index < -0.39 is 0 Å². The molecule has 0 spiro atoms. The Morgan fingerprint density at radius 2 is 1.62 bits per heavy atom. The monoisotopic (exact) mass is 612 g/mol. The molecule has 1 saturated heterocycles. The third-order valence-electron chi connectivity index (χ3n) is 7.34. The molecule has 5 aromatic rings. The van der Waals surface area contributed by atoms with E-state index in [4.69, 9.17) is 27.9 Å². The number of hydrogen-bond acceptors (Lipinski definition) is 4. The Kier molecular flexibility index (Phi) is 7.86. The Hall–Kier alpha value is -3.97. The van der Waals surface area contributed by atoms with Gasteiger partial charge >= 0.3 is 0 Å². The summed E-state index contributed by atoms with van der Waals surface area (Å²) in [6.45, 7) is 4.59. The predicted octanol–water partition coefficient (Wildman–Crippen LogP) is 9.37. The van der Waals surface area contributed by atoms with Crippen LogP contribution in [0.2, 0.25) is 10.0 Å². The van der Waals surface area contributed by atoms with Gasteiger partial charge in [-0.05, 0) is 96.0 Å². The summed E-state index contributed by atoms with van der Waals surface area (Å²) in [5.74, 6) is 0.442. The number of imide groups is 1. The van der Waals surface area contributed by atoms with Crippen LogP contribution >= 0.6 is 35.0 Å². The summed E-state index contributed by atoms with van der Waals surface area (Å²) in [4.78, 5) is 28.0. The normalized spacial score (nSPS) is 14.4. The van der Waals surface area contributed by atoms with Crippen LogP contribution in [-0.2, 0) is 17.9 Å². The second kappa shape index (κ2) is 11.7. The Labute approximate surface area is 258 Å². The minimum absolute atomic E-state index is 0.237. The number of fused-ring (bicyclic) bond motifs is 1. The van der Waals surface area contributed by atoms with E-state index in [0.717, 1.165) is 56.3 Å². The topological polar surface area (TPSA) is 51.5 Å². The van der Waals surface area contributed by atoms with Crippen LogP contribution in [-0.4, -0.2) is 20.6 Å². The summed E-state index contributed by atoms with van der Waals surface area (Å²) in [6.07, 6.45) is 1.82. The smallest absolute Gasteiger partial charge is 0.293 e. The van der Waals surface area contributed by atoms with E-state index in [2.05, 4.69) is 4.57 Å². The summed E-state index contributed by atoms with van der Waals surface area (Å²) < 4.78 is 8.05. The Balaban J connectivity index is 1.19. The van der Waals surface area contributed by atoms with Crippen molar-refractivity contribution < 1.29 is 14.3 Å². The van der Waals surface area contributed by atoms with Crippen molar-refractivity contribution >= 4 is 63.0 Å². The number of amides is 2. The summed E-state index contributed by atoms with van der Waals surface area (Å²) in [5, 5.41) is 3.01. The first-order valence-corrected chi connectivity index (χ1v) is 14.9. The van der Waals surface area contributed by atoms with Crippen LogP contribution in [0.1, 0.15) is 28.1 Å². The molecule has 0 saturated carbocycles. The maximum absolute atomic E-state index is 13.4. The zero-order valence-corrected chi connectivity index (χ0v) is 25.3. The van der Waals surface area contributed by atoms with Gasteiger partial charge in [-0.3, -0.25) is 14.5 Å². The van der Waals surface area contributed by atoms with Crippen LogP contribution in [0.15, 0.2) is 95.9 Å². The van der Waals surface area contributed by atoms with Crippen LogP contribution in [0.4, 0.5) is 4.79 Å². The van der Waals surface area contributed by atoms with E-state index in [1.54, 1.807) is 12.1 Å². The molecule has 1 fully saturated rings. The lowest BCUT2D eigenvalue weighted by molar-refractivity contribution is -0.123. The molecular weight excluding hydrogens is 587 g/mol. The van der Waals surface area contributed by atoms with E-state index in [9.17, 15) is 9.59 Å². The number of benzene rings is 4. The molecule has 4 aromatic carbocycles. The predicted molar refractivity (Wildman–Crippen MR) is 171 cm³/mol. The molecule has 6 rings (SSSR count). The van der Waals surface area contributed by atoms with Gasteiger partial charge in [-0.15, -0.1) is 0 Å². The Morgan fingerprint density at radius 1 is 0.857 bits per heavy atom. The van der Waals surface area contributed by atoms with Crippen molar-refractivity contribution in [2.24, 2.45) is 0 Å². The largest absolute Gasteiger partial charge is 0.489 e. The number of hydrogen-bond donors (Lipinski definition) is 0. The molecule has 8 heteroatoms. The SMILES string of the molecule is Cc1cc(/C=C2/SC(=O)N(Cc3cccc4ccccc34)C2=O)c(C)n1-c1ccc(OCc2ccc(Cl)cc2Cl)cc1. The van der Waals surface area contributed by atoms with Gasteiger partial charge in [-0.1, -0.05) is 71.7 Å². The van der Waals surface area contributed by atoms with E-state index in [0.29, 0.717) is 27.3 Å². The minimum atomic E-state index is -0.273. The molecule has 210 valence electrons. The number of nitrogens with zero attached hydrogens (tertiary/aromatic N) is 2. The van der Waals surface area contributed by atoms with Gasteiger partial charge < -0.3 is 9.30 Å². The second-order valence-corrected chi connectivity index (χ2v) is 11.9. The van der Waals surface area contributed by atoms with Crippen molar-refractivity contribution in [2.45, 2.75) is 27.0 Å². The standard InChI is InChI=1S/C34H26Cl2N2O3S/c1-21-16-26(17-32-33(39)37(34(40)42-32)19-24-8-5-7-23-6-3-4-9-30(23)24)22(2)38(21)28-12-14-29(15-13-28)41-20-25-10-11-27(35)18-31(25)36/h3-18H,19-20H2,1-2H3/b32-17+. The van der Waals surface area contributed by atoms with Crippen molar-refractivity contribution in [3.63, 3.8) is 0 Å². The molecule has 1 aliphatic rings. The zero-order chi connectivity index (χ0) is 29.4. The number of rotatable bonds is 7. The lowest BCUT2D eigenvalue weighted by Crippen LogP contribution is -2.27. The highest BCUT2D eigenvalue weighted by Gasteiger charge is 2.35. The van der Waals surface area contributed by atoms with Gasteiger partial charge in [0.05, 0.1) is 11.4 Å². The van der Waals surface area contributed by atoms with E-state index in [-0.39, 0.29) is 17.7 Å². The van der Waals surface area contributed by atoms with Crippen LogP contribution in [0.3, 0.4) is 0 Å². The Bertz CT molecular complexity index is 1870. The minimum Gasteiger partial charge on any atom is -0.489 e. The third kappa shape index (κ3) is 5.58. The van der Waals surface area contributed by atoms with Crippen molar-refractivity contribution in [1.29, 1.82) is 0 Å². The number of carbonyl (C=O) groups excluding carboxylic acids is 2. The summed E-state index contributed by atoms with van der Waals surface area (Å²) in [7, 11) is 0. The summed E-state index contributed by atoms with van der Waals surface area (Å²) >= 11 is 13.2. The fraction of sp³-hybridized carbons (Fsp3) is 0.118. The van der Waals surface area contributed by atoms with Crippen molar-refractivity contribution in [3.8, 4) is 11.4 Å². The lowest BCUT2D eigenvalue weighted by atomic mass is 10.0. The highest BCUT2D eigenvalue weighted by molar-refractivity contribution is 8.18. The highest BCUT2D eigenvalue weighted by atomic mass is 35.5. The second-order valence-electron chi connectivity index (χ2n) is 10.1. The molecule has 0 N–H and O–H groups in total. The molecular formula is C34H26Cl2N2O3S. The van der Waals surface area contributed by atoms with Crippen LogP contribution in [0, 0.1) is 13.8 Å². The maximum Gasteiger partial charge on any atom is 0.293 e. The summed E-state index contributed by atoms with van der Waals surface area (Å²) in [6, 6.07) is 29.1. The Morgan fingerprint density at radius 3 is 2.40 bits per heavy atom. The van der Waals surface area contributed by atoms with Gasteiger partial charge in [0.15, 0.2) is 0 Å². The first kappa shape index (κ1) is 28.2. The highest BCUT2D eigenvalue weighted by Crippen LogP contribution is 2.35. The average molecular weight is 614 g/mol. The van der Waals surface area contributed by atoms with Gasteiger partial charge in [0.2, 0.25) is 0 Å². The fourth-order valence-electron chi connectivity index (χ4n) is 5.20. The van der Waals surface area contributed by atoms with Gasteiger partial charge in [0.25, 0.3) is 11.1 Å². The molecule has 0 radical (unpaired) electrons. The quantitative estimate of drug-likeness (QED) is 0.172. The molecule has 1 aliphatic heterocycles. The molecule has 2 amide bonds. The molecule has 0 aliphatic carbocycles. The van der Waals surface area contributed by atoms with Gasteiger partial charge in [-0.25, -0.2) is 0 Å². The first-order chi connectivity index (χ1) is 20.3. The molecule has 1 aromatic heterocycles. The number of aromatic nitrogens is 1. The van der Waals surface area contributed by atoms with Gasteiger partial charge in [0.1, 0.15) is 12.4 Å². The van der Waals surface area contributed by atoms with Crippen LogP contribution in [0.5, 0.6) is 5.75 Å². The molecule has 42 heavy (non-hydrogen) atoms. The molecule has 5 nitrogen and oxygen atoms in total. The van der Waals surface area contributed by atoms with Crippen molar-refractivity contribution in [1.82, 2.24) is 9.47 Å². The van der Waals surface area contributed by atoms with E-state index >= 15 is 0 Å². The van der Waals surface area contributed by atoms with Gasteiger partial charge in [-0.2, -0.15) is 0 Å². The summed E-state index contributed by atoms with van der Waals surface area (Å²) in [5.41, 5.74) is 5.63. The lowest BCUT2D eigenvalue weighted by Gasteiger charge is -2.14. The molecule has 0 unspecified atom stereocenters. The van der Waals surface area contributed by atoms with Crippen molar-refractivity contribution in [2.75, 3.05) is 0 Å². The zero-order valence-electron chi connectivity index (χ0n) is 22.9. The fourth-order valence-corrected chi connectivity index (χ4v) is 6.49. The molecule has 0 atom stereocenters. The van der Waals surface area contributed by atoms with Crippen LogP contribution < -0.4 is 4.74 Å². The van der Waals surface area contributed by atoms with Crippen molar-refractivity contribution in [3.05, 3.63) is 134 Å².